The van der Waals surface area contributed by atoms with Gasteiger partial charge in [0.1, 0.15) is 12.2 Å². The smallest absolute Gasteiger partial charge is 0.325 e. The highest BCUT2D eigenvalue weighted by atomic mass is 32.1. The number of hydrogen-bond acceptors (Lipinski definition) is 5. The number of esters is 1. The molecule has 25 heavy (non-hydrogen) atoms. The van der Waals surface area contributed by atoms with Gasteiger partial charge in [-0.05, 0) is 61.3 Å². The number of nitrogens with one attached hydrogen (secondary N) is 1. The molecule has 0 unspecified atom stereocenters. The second-order valence-corrected chi connectivity index (χ2v) is 6.58. The number of hydrogen-bond donors (Lipinski definition) is 1. The number of amides is 1. The maximum absolute atomic E-state index is 12.5. The van der Waals surface area contributed by atoms with E-state index in [2.05, 4.69) is 27.1 Å². The molecule has 0 spiro atoms. The van der Waals surface area contributed by atoms with Gasteiger partial charge < -0.3 is 15.0 Å². The second kappa shape index (κ2) is 7.23. The first kappa shape index (κ1) is 17.4. The first-order valence-corrected chi connectivity index (χ1v) is 8.67. The van der Waals surface area contributed by atoms with E-state index < -0.39 is 5.97 Å². The third-order valence-electron chi connectivity index (χ3n) is 4.50. The number of aryl methyl sites for hydroxylation is 1. The number of anilines is 1. The van der Waals surface area contributed by atoms with Gasteiger partial charge in [-0.15, -0.1) is 0 Å². The quantitative estimate of drug-likeness (QED) is 0.503. The fourth-order valence-corrected chi connectivity index (χ4v) is 3.32. The average Bonchev–Trinajstić information content (AvgIpc) is 3.21. The zero-order chi connectivity index (χ0) is 18.0. The molecule has 0 aliphatic carbocycles. The fourth-order valence-electron chi connectivity index (χ4n) is 3.06. The SMILES string of the molecule is COC(=O)CN1C(=O)/C(=C/c2ccc(N3CCCC3)cc2C)NC1=S. The van der Waals surface area contributed by atoms with Crippen molar-refractivity contribution >= 4 is 41.0 Å². The zero-order valence-electron chi connectivity index (χ0n) is 14.4. The van der Waals surface area contributed by atoms with E-state index in [4.69, 9.17) is 12.2 Å². The molecule has 2 aliphatic rings. The molecular formula is C18H21N3O3S. The van der Waals surface area contributed by atoms with Gasteiger partial charge in [0, 0.05) is 18.8 Å². The van der Waals surface area contributed by atoms with E-state index in [-0.39, 0.29) is 17.6 Å². The van der Waals surface area contributed by atoms with E-state index in [1.165, 1.54) is 30.5 Å². The van der Waals surface area contributed by atoms with Crippen molar-refractivity contribution in [3.63, 3.8) is 0 Å². The molecule has 2 heterocycles. The molecular weight excluding hydrogens is 338 g/mol. The molecule has 1 amide bonds. The largest absolute Gasteiger partial charge is 0.468 e. The van der Waals surface area contributed by atoms with Gasteiger partial charge in [0.15, 0.2) is 5.11 Å². The highest BCUT2D eigenvalue weighted by Crippen LogP contribution is 2.25. The summed E-state index contributed by atoms with van der Waals surface area (Å²) >= 11 is 5.14. The zero-order valence-corrected chi connectivity index (χ0v) is 15.2. The van der Waals surface area contributed by atoms with E-state index in [9.17, 15) is 9.59 Å². The minimum atomic E-state index is -0.509. The molecule has 7 heteroatoms. The molecule has 0 radical (unpaired) electrons. The predicted molar refractivity (Wildman–Crippen MR) is 100 cm³/mol. The number of thiocarbonyl (C=S) groups is 1. The number of ether oxygens (including phenoxy) is 1. The number of methoxy groups -OCH3 is 1. The third kappa shape index (κ3) is 3.66. The van der Waals surface area contributed by atoms with E-state index in [0.29, 0.717) is 5.70 Å². The molecule has 1 aromatic carbocycles. The molecule has 132 valence electrons. The lowest BCUT2D eigenvalue weighted by Crippen LogP contribution is -2.35. The first-order valence-electron chi connectivity index (χ1n) is 8.26. The molecule has 2 aliphatic heterocycles. The van der Waals surface area contributed by atoms with Crippen molar-refractivity contribution in [2.75, 3.05) is 31.6 Å². The first-order chi connectivity index (χ1) is 12.0. The Bertz CT molecular complexity index is 754. The van der Waals surface area contributed by atoms with Crippen LogP contribution in [0.1, 0.15) is 24.0 Å². The maximum Gasteiger partial charge on any atom is 0.325 e. The van der Waals surface area contributed by atoms with Crippen molar-refractivity contribution in [1.29, 1.82) is 0 Å². The average molecular weight is 359 g/mol. The van der Waals surface area contributed by atoms with Crippen LogP contribution in [0.3, 0.4) is 0 Å². The summed E-state index contributed by atoms with van der Waals surface area (Å²) < 4.78 is 4.60. The van der Waals surface area contributed by atoms with Crippen LogP contribution >= 0.6 is 12.2 Å². The van der Waals surface area contributed by atoms with Gasteiger partial charge >= 0.3 is 5.97 Å². The number of rotatable bonds is 4. The standard InChI is InChI=1S/C18H21N3O3S/c1-12-9-14(20-7-3-4-8-20)6-5-13(12)10-15-17(23)21(18(25)19-15)11-16(22)24-2/h5-6,9-10H,3-4,7-8,11H2,1-2H3,(H,19,25)/b15-10-. The van der Waals surface area contributed by atoms with Gasteiger partial charge in [-0.3, -0.25) is 14.5 Å². The van der Waals surface area contributed by atoms with Crippen molar-refractivity contribution in [2.24, 2.45) is 0 Å². The van der Waals surface area contributed by atoms with Crippen molar-refractivity contribution < 1.29 is 14.3 Å². The highest BCUT2D eigenvalue weighted by Gasteiger charge is 2.32. The van der Waals surface area contributed by atoms with E-state index in [1.807, 2.05) is 13.0 Å². The Balaban J connectivity index is 1.79. The van der Waals surface area contributed by atoms with Gasteiger partial charge in [0.25, 0.3) is 5.91 Å². The Morgan fingerprint density at radius 1 is 1.36 bits per heavy atom. The van der Waals surface area contributed by atoms with Gasteiger partial charge in [-0.1, -0.05) is 6.07 Å². The van der Waals surface area contributed by atoms with Crippen molar-refractivity contribution in [2.45, 2.75) is 19.8 Å². The van der Waals surface area contributed by atoms with Crippen molar-refractivity contribution in [3.8, 4) is 0 Å². The lowest BCUT2D eigenvalue weighted by Gasteiger charge is -2.18. The summed E-state index contributed by atoms with van der Waals surface area (Å²) in [5.41, 5.74) is 3.61. The third-order valence-corrected chi connectivity index (χ3v) is 4.82. The number of carbonyl (C=O) groups is 2. The van der Waals surface area contributed by atoms with Gasteiger partial charge in [-0.25, -0.2) is 0 Å². The summed E-state index contributed by atoms with van der Waals surface area (Å²) in [6.07, 6.45) is 4.24. The summed E-state index contributed by atoms with van der Waals surface area (Å²) in [6, 6.07) is 6.23. The fraction of sp³-hybridized carbons (Fsp3) is 0.389. The van der Waals surface area contributed by atoms with E-state index in [0.717, 1.165) is 24.2 Å². The Kier molecular flexibility index (Phi) is 5.03. The molecule has 1 aromatic rings. The van der Waals surface area contributed by atoms with Crippen LogP contribution in [0, 0.1) is 6.92 Å². The Labute approximate surface area is 152 Å². The molecule has 2 fully saturated rings. The monoisotopic (exact) mass is 359 g/mol. The minimum Gasteiger partial charge on any atom is -0.468 e. The molecule has 3 rings (SSSR count). The molecule has 1 N–H and O–H groups in total. The van der Waals surface area contributed by atoms with Crippen LogP contribution in [0.4, 0.5) is 5.69 Å². The van der Waals surface area contributed by atoms with Gasteiger partial charge in [0.05, 0.1) is 7.11 Å². The summed E-state index contributed by atoms with van der Waals surface area (Å²) in [7, 11) is 1.28. The highest BCUT2D eigenvalue weighted by molar-refractivity contribution is 7.80. The maximum atomic E-state index is 12.5. The summed E-state index contributed by atoms with van der Waals surface area (Å²) in [4.78, 5) is 27.4. The van der Waals surface area contributed by atoms with Gasteiger partial charge in [0.2, 0.25) is 0 Å². The molecule has 0 aromatic heterocycles. The van der Waals surface area contributed by atoms with Crippen LogP contribution < -0.4 is 10.2 Å². The second-order valence-electron chi connectivity index (χ2n) is 6.19. The van der Waals surface area contributed by atoms with Crippen LogP contribution in [0.25, 0.3) is 6.08 Å². The van der Waals surface area contributed by atoms with Crippen LogP contribution in [-0.2, 0) is 14.3 Å². The molecule has 2 saturated heterocycles. The molecule has 0 bridgehead atoms. The summed E-state index contributed by atoms with van der Waals surface area (Å²) in [5.74, 6) is -0.830. The molecule has 6 nitrogen and oxygen atoms in total. The number of nitrogens with zero attached hydrogens (tertiary/aromatic N) is 2. The Morgan fingerprint density at radius 3 is 2.72 bits per heavy atom. The summed E-state index contributed by atoms with van der Waals surface area (Å²) in [6.45, 7) is 4.02. The van der Waals surface area contributed by atoms with Crippen LogP contribution in [0.5, 0.6) is 0 Å². The number of benzene rings is 1. The number of carbonyl (C=O) groups excluding carboxylic acids is 2. The van der Waals surface area contributed by atoms with Crippen LogP contribution in [0.2, 0.25) is 0 Å². The lowest BCUT2D eigenvalue weighted by molar-refractivity contribution is -0.143. The van der Waals surface area contributed by atoms with E-state index >= 15 is 0 Å². The van der Waals surface area contributed by atoms with E-state index in [1.54, 1.807) is 6.08 Å². The summed E-state index contributed by atoms with van der Waals surface area (Å²) in [5, 5.41) is 3.10. The van der Waals surface area contributed by atoms with Crippen LogP contribution in [-0.4, -0.2) is 48.6 Å². The Morgan fingerprint density at radius 2 is 2.08 bits per heavy atom. The van der Waals surface area contributed by atoms with Crippen LogP contribution in [0.15, 0.2) is 23.9 Å². The topological polar surface area (TPSA) is 61.9 Å². The Hall–Kier alpha value is -2.41. The van der Waals surface area contributed by atoms with Gasteiger partial charge in [-0.2, -0.15) is 0 Å². The normalized spacial score (nSPS) is 18.9. The van der Waals surface area contributed by atoms with Crippen molar-refractivity contribution in [3.05, 3.63) is 35.0 Å². The van der Waals surface area contributed by atoms with Crippen molar-refractivity contribution in [1.82, 2.24) is 10.2 Å². The molecule has 0 atom stereocenters. The minimum absolute atomic E-state index is 0.189. The predicted octanol–water partition coefficient (Wildman–Crippen LogP) is 1.83. The lowest BCUT2D eigenvalue weighted by atomic mass is 10.1. The molecule has 0 saturated carbocycles.